The van der Waals surface area contributed by atoms with Crippen molar-refractivity contribution >= 4 is 23.6 Å². The van der Waals surface area contributed by atoms with E-state index < -0.39 is 29.1 Å². The van der Waals surface area contributed by atoms with Crippen molar-refractivity contribution in [3.05, 3.63) is 29.8 Å². The third kappa shape index (κ3) is 3.25. The largest absolute Gasteiger partial charge is 0.444 e. The van der Waals surface area contributed by atoms with Crippen LogP contribution in [0.3, 0.4) is 0 Å². The summed E-state index contributed by atoms with van der Waals surface area (Å²) in [5.74, 6) is -0.620. The van der Waals surface area contributed by atoms with Gasteiger partial charge in [0.15, 0.2) is 0 Å². The van der Waals surface area contributed by atoms with E-state index in [1.165, 1.54) is 19.1 Å². The summed E-state index contributed by atoms with van der Waals surface area (Å²) in [4.78, 5) is 44.9. The molecule has 0 saturated carbocycles. The number of likely N-dealkylation sites (N-methyl/N-ethyl adjacent to an activating group) is 1. The zero-order chi connectivity index (χ0) is 20.0. The Morgan fingerprint density at radius 1 is 1.30 bits per heavy atom. The number of ether oxygens (including phenoxy) is 1. The lowest BCUT2D eigenvalue weighted by Crippen LogP contribution is -2.48. The van der Waals surface area contributed by atoms with Gasteiger partial charge in [0, 0.05) is 19.3 Å². The first-order chi connectivity index (χ1) is 12.6. The zero-order valence-electron chi connectivity index (χ0n) is 16.2. The van der Waals surface area contributed by atoms with Crippen LogP contribution in [0.15, 0.2) is 24.3 Å². The van der Waals surface area contributed by atoms with Gasteiger partial charge < -0.3 is 10.1 Å². The van der Waals surface area contributed by atoms with E-state index in [9.17, 15) is 14.4 Å². The normalized spacial score (nSPS) is 24.0. The van der Waals surface area contributed by atoms with Gasteiger partial charge in [-0.2, -0.15) is 0 Å². The van der Waals surface area contributed by atoms with Crippen molar-refractivity contribution in [1.29, 1.82) is 0 Å². The number of hydrogen-bond acceptors (Lipinski definition) is 5. The maximum Gasteiger partial charge on any atom is 0.411 e. The van der Waals surface area contributed by atoms with E-state index in [0.717, 1.165) is 10.6 Å². The monoisotopic (exact) mass is 375 g/mol. The fraction of sp³-hybridized carbons (Fsp3) is 0.526. The predicted molar refractivity (Wildman–Crippen MR) is 97.9 cm³/mol. The Labute approximate surface area is 158 Å². The Morgan fingerprint density at radius 2 is 1.96 bits per heavy atom. The van der Waals surface area contributed by atoms with Gasteiger partial charge in [-0.05, 0) is 38.8 Å². The van der Waals surface area contributed by atoms with Gasteiger partial charge in [0.05, 0.1) is 12.5 Å². The number of amides is 3. The Balaban J connectivity index is 2.00. The molecule has 0 aliphatic carbocycles. The summed E-state index contributed by atoms with van der Waals surface area (Å²) in [6.07, 6.45) is -0.457. The fourth-order valence-electron chi connectivity index (χ4n) is 3.67. The van der Waals surface area contributed by atoms with Crippen LogP contribution in [0.4, 0.5) is 10.5 Å². The molecule has 3 amide bonds. The van der Waals surface area contributed by atoms with Crippen molar-refractivity contribution in [2.24, 2.45) is 0 Å². The second-order valence-corrected chi connectivity index (χ2v) is 7.93. The molecule has 0 aromatic heterocycles. The van der Waals surface area contributed by atoms with E-state index in [1.807, 2.05) is 24.3 Å². The number of para-hydroxylation sites is 1. The topological polar surface area (TPSA) is 88.2 Å². The Hall–Kier alpha value is -2.61. The minimum Gasteiger partial charge on any atom is -0.444 e. The molecule has 2 aliphatic rings. The van der Waals surface area contributed by atoms with Crippen LogP contribution < -0.4 is 5.32 Å². The summed E-state index contributed by atoms with van der Waals surface area (Å²) in [5, 5.41) is 3.94. The van der Waals surface area contributed by atoms with Crippen molar-refractivity contribution in [1.82, 2.24) is 9.96 Å². The Morgan fingerprint density at radius 3 is 2.59 bits per heavy atom. The van der Waals surface area contributed by atoms with E-state index >= 15 is 0 Å². The zero-order valence-corrected chi connectivity index (χ0v) is 16.2. The molecule has 27 heavy (non-hydrogen) atoms. The Kier molecular flexibility index (Phi) is 4.63. The molecule has 1 aromatic rings. The van der Waals surface area contributed by atoms with Crippen LogP contribution >= 0.6 is 0 Å². The molecule has 2 heterocycles. The number of likely N-dealkylation sites (tertiary alicyclic amines) is 1. The lowest BCUT2D eigenvalue weighted by molar-refractivity contribution is -0.173. The quantitative estimate of drug-likeness (QED) is 0.798. The standard InChI is InChI=1S/C19H25N3O5/c1-18(2,3)27-17(25)22-11-19(10-14(22)15(23)21(4)26-5)12-8-6-7-9-13(12)20-16(19)24/h6-9,14H,10-11H2,1-5H3,(H,20,24)/t14-,19-/m0/s1. The number of nitrogens with zero attached hydrogens (tertiary/aromatic N) is 2. The van der Waals surface area contributed by atoms with Crippen LogP contribution in [-0.4, -0.2) is 60.2 Å². The van der Waals surface area contributed by atoms with E-state index in [1.54, 1.807) is 20.8 Å². The lowest BCUT2D eigenvalue weighted by atomic mass is 9.79. The van der Waals surface area contributed by atoms with E-state index in [2.05, 4.69) is 5.32 Å². The van der Waals surface area contributed by atoms with Gasteiger partial charge in [-0.1, -0.05) is 18.2 Å². The van der Waals surface area contributed by atoms with E-state index in [-0.39, 0.29) is 18.9 Å². The number of nitrogens with one attached hydrogen (secondary N) is 1. The second kappa shape index (κ2) is 6.53. The number of carbonyl (C=O) groups excluding carboxylic acids is 3. The van der Waals surface area contributed by atoms with Gasteiger partial charge in [-0.25, -0.2) is 9.86 Å². The molecular weight excluding hydrogens is 350 g/mol. The first-order valence-electron chi connectivity index (χ1n) is 8.81. The minimum absolute atomic E-state index is 0.0682. The number of rotatable bonds is 2. The number of hydrogen-bond donors (Lipinski definition) is 1. The van der Waals surface area contributed by atoms with Gasteiger partial charge in [-0.15, -0.1) is 0 Å². The van der Waals surface area contributed by atoms with Gasteiger partial charge in [-0.3, -0.25) is 19.3 Å². The smallest absolute Gasteiger partial charge is 0.411 e. The highest BCUT2D eigenvalue weighted by Crippen LogP contribution is 2.46. The minimum atomic E-state index is -0.984. The molecule has 146 valence electrons. The molecule has 0 radical (unpaired) electrons. The summed E-state index contributed by atoms with van der Waals surface area (Å²) in [6, 6.07) is 6.49. The lowest BCUT2D eigenvalue weighted by Gasteiger charge is -2.29. The van der Waals surface area contributed by atoms with Crippen LogP contribution in [-0.2, 0) is 24.6 Å². The first kappa shape index (κ1) is 19.2. The Bertz CT molecular complexity index is 788. The molecule has 3 rings (SSSR count). The highest BCUT2D eigenvalue weighted by molar-refractivity contribution is 6.08. The van der Waals surface area contributed by atoms with Crippen molar-refractivity contribution in [3.8, 4) is 0 Å². The predicted octanol–water partition coefficient (Wildman–Crippen LogP) is 1.91. The molecule has 1 saturated heterocycles. The maximum absolute atomic E-state index is 12.9. The molecule has 0 unspecified atom stereocenters. The maximum atomic E-state index is 12.9. The number of carbonyl (C=O) groups is 3. The van der Waals surface area contributed by atoms with Crippen LogP contribution in [0.1, 0.15) is 32.8 Å². The van der Waals surface area contributed by atoms with Crippen LogP contribution in [0, 0.1) is 0 Å². The third-order valence-electron chi connectivity index (χ3n) is 4.98. The van der Waals surface area contributed by atoms with Crippen molar-refractivity contribution < 1.29 is 24.0 Å². The van der Waals surface area contributed by atoms with Gasteiger partial charge in [0.2, 0.25) is 5.91 Å². The third-order valence-corrected chi connectivity index (χ3v) is 4.98. The second-order valence-electron chi connectivity index (χ2n) is 7.93. The number of anilines is 1. The number of benzene rings is 1. The molecule has 1 spiro atoms. The van der Waals surface area contributed by atoms with Crippen molar-refractivity contribution in [2.75, 3.05) is 26.0 Å². The average Bonchev–Trinajstić information content (AvgIpc) is 3.12. The van der Waals surface area contributed by atoms with Gasteiger partial charge in [0.25, 0.3) is 5.91 Å². The average molecular weight is 375 g/mol. The molecule has 8 heteroatoms. The summed E-state index contributed by atoms with van der Waals surface area (Å²) in [7, 11) is 2.85. The van der Waals surface area contributed by atoms with Crippen LogP contribution in [0.2, 0.25) is 0 Å². The van der Waals surface area contributed by atoms with Crippen molar-refractivity contribution in [2.45, 2.75) is 44.2 Å². The molecule has 0 bridgehead atoms. The fourth-order valence-corrected chi connectivity index (χ4v) is 3.67. The SMILES string of the molecule is CON(C)C(=O)[C@@H]1C[C@@]2(CN1C(=O)OC(C)(C)C)C(=O)Nc1ccccc12. The molecule has 2 atom stereocenters. The van der Waals surface area contributed by atoms with Crippen LogP contribution in [0.25, 0.3) is 0 Å². The summed E-state index contributed by atoms with van der Waals surface area (Å²) >= 11 is 0. The molecule has 1 N–H and O–H groups in total. The summed E-state index contributed by atoms with van der Waals surface area (Å²) < 4.78 is 5.49. The molecule has 8 nitrogen and oxygen atoms in total. The summed E-state index contributed by atoms with van der Waals surface area (Å²) in [5.41, 5.74) is -0.204. The molecular formula is C19H25N3O5. The molecule has 1 fully saturated rings. The number of hydroxylamine groups is 2. The van der Waals surface area contributed by atoms with Crippen molar-refractivity contribution in [3.63, 3.8) is 0 Å². The first-order valence-corrected chi connectivity index (χ1v) is 8.81. The van der Waals surface area contributed by atoms with E-state index in [4.69, 9.17) is 9.57 Å². The molecule has 2 aliphatic heterocycles. The number of fused-ring (bicyclic) bond motifs is 2. The van der Waals surface area contributed by atoms with Gasteiger partial charge in [0.1, 0.15) is 11.6 Å². The van der Waals surface area contributed by atoms with Gasteiger partial charge >= 0.3 is 6.09 Å². The summed E-state index contributed by atoms with van der Waals surface area (Å²) in [6.45, 7) is 5.34. The highest BCUT2D eigenvalue weighted by Gasteiger charge is 2.58. The highest BCUT2D eigenvalue weighted by atomic mass is 16.7. The van der Waals surface area contributed by atoms with Crippen LogP contribution in [0.5, 0.6) is 0 Å². The van der Waals surface area contributed by atoms with E-state index in [0.29, 0.717) is 5.69 Å². The molecule has 1 aromatic carbocycles.